The standard InChI is InChI=1S/C18H18O5/c1-21-16-10-12(11-17(22-2)18(16)23-3)4-9-15(20)13-5-7-14(19)8-6-13/h4-11,19H,1-3H3/b9-4-. The normalized spacial score (nSPS) is 10.6. The van der Waals surface area contributed by atoms with Crippen molar-refractivity contribution in [3.8, 4) is 23.0 Å². The maximum atomic E-state index is 12.1. The van der Waals surface area contributed by atoms with E-state index in [9.17, 15) is 9.90 Å². The van der Waals surface area contributed by atoms with Crippen LogP contribution in [0.3, 0.4) is 0 Å². The maximum absolute atomic E-state index is 12.1. The van der Waals surface area contributed by atoms with Crippen molar-refractivity contribution in [3.63, 3.8) is 0 Å². The van der Waals surface area contributed by atoms with E-state index in [1.807, 2.05) is 0 Å². The molecule has 0 saturated carbocycles. The van der Waals surface area contributed by atoms with Crippen molar-refractivity contribution < 1.29 is 24.1 Å². The third-order valence-electron chi connectivity index (χ3n) is 3.27. The summed E-state index contributed by atoms with van der Waals surface area (Å²) < 4.78 is 15.8. The number of allylic oxidation sites excluding steroid dienone is 1. The minimum absolute atomic E-state index is 0.121. The highest BCUT2D eigenvalue weighted by atomic mass is 16.5. The van der Waals surface area contributed by atoms with Gasteiger partial charge in [-0.25, -0.2) is 0 Å². The number of benzene rings is 2. The lowest BCUT2D eigenvalue weighted by atomic mass is 10.1. The highest BCUT2D eigenvalue weighted by Gasteiger charge is 2.12. The van der Waals surface area contributed by atoms with E-state index in [4.69, 9.17) is 14.2 Å². The molecule has 0 saturated heterocycles. The summed E-state index contributed by atoms with van der Waals surface area (Å²) in [6, 6.07) is 9.58. The SMILES string of the molecule is COc1cc(/C=C\C(=O)c2ccc(O)cc2)cc(OC)c1OC. The molecule has 2 aromatic rings. The van der Waals surface area contributed by atoms with Crippen molar-refractivity contribution in [1.82, 2.24) is 0 Å². The van der Waals surface area contributed by atoms with Gasteiger partial charge in [0, 0.05) is 5.56 Å². The van der Waals surface area contributed by atoms with Crippen LogP contribution in [0.2, 0.25) is 0 Å². The van der Waals surface area contributed by atoms with E-state index in [-0.39, 0.29) is 11.5 Å². The number of ether oxygens (including phenoxy) is 3. The number of carbonyl (C=O) groups is 1. The second kappa shape index (κ2) is 7.35. The topological polar surface area (TPSA) is 65.0 Å². The van der Waals surface area contributed by atoms with E-state index < -0.39 is 0 Å². The molecule has 0 fully saturated rings. The number of aromatic hydroxyl groups is 1. The van der Waals surface area contributed by atoms with E-state index in [2.05, 4.69) is 0 Å². The fourth-order valence-corrected chi connectivity index (χ4v) is 2.09. The van der Waals surface area contributed by atoms with Gasteiger partial charge >= 0.3 is 0 Å². The number of hydrogen-bond donors (Lipinski definition) is 1. The summed E-state index contributed by atoms with van der Waals surface area (Å²) in [6.45, 7) is 0. The van der Waals surface area contributed by atoms with Crippen molar-refractivity contribution >= 4 is 11.9 Å². The van der Waals surface area contributed by atoms with E-state index in [1.165, 1.54) is 39.5 Å². The van der Waals surface area contributed by atoms with Gasteiger partial charge in [-0.3, -0.25) is 4.79 Å². The molecule has 0 aromatic heterocycles. The van der Waals surface area contributed by atoms with Crippen LogP contribution < -0.4 is 14.2 Å². The van der Waals surface area contributed by atoms with Crippen molar-refractivity contribution in [1.29, 1.82) is 0 Å². The predicted molar refractivity (Wildman–Crippen MR) is 87.6 cm³/mol. The molecule has 0 bridgehead atoms. The molecule has 2 aromatic carbocycles. The molecule has 5 nitrogen and oxygen atoms in total. The molecule has 0 aliphatic heterocycles. The molecular weight excluding hydrogens is 296 g/mol. The molecule has 0 unspecified atom stereocenters. The van der Waals surface area contributed by atoms with Gasteiger partial charge in [0.2, 0.25) is 5.75 Å². The van der Waals surface area contributed by atoms with Crippen molar-refractivity contribution in [2.24, 2.45) is 0 Å². The maximum Gasteiger partial charge on any atom is 0.203 e. The third kappa shape index (κ3) is 3.83. The summed E-state index contributed by atoms with van der Waals surface area (Å²) in [5, 5.41) is 9.24. The number of methoxy groups -OCH3 is 3. The fourth-order valence-electron chi connectivity index (χ4n) is 2.09. The van der Waals surface area contributed by atoms with Crippen LogP contribution in [0.5, 0.6) is 23.0 Å². The molecule has 0 aliphatic rings. The van der Waals surface area contributed by atoms with Gasteiger partial charge in [0.25, 0.3) is 0 Å². The first-order chi connectivity index (χ1) is 11.1. The Balaban J connectivity index is 2.28. The number of phenolic OH excluding ortho intramolecular Hbond substituents is 1. The Bertz CT molecular complexity index is 692. The number of rotatable bonds is 6. The van der Waals surface area contributed by atoms with Crippen molar-refractivity contribution in [2.45, 2.75) is 0 Å². The molecule has 5 heteroatoms. The van der Waals surface area contributed by atoms with Crippen LogP contribution in [-0.4, -0.2) is 32.2 Å². The van der Waals surface area contributed by atoms with Crippen LogP contribution in [0.1, 0.15) is 15.9 Å². The quantitative estimate of drug-likeness (QED) is 0.654. The Morgan fingerprint density at radius 3 is 2.00 bits per heavy atom. The van der Waals surface area contributed by atoms with E-state index in [0.717, 1.165) is 5.56 Å². The summed E-state index contributed by atoms with van der Waals surface area (Å²) in [5.74, 6) is 1.48. The zero-order valence-corrected chi connectivity index (χ0v) is 13.2. The summed E-state index contributed by atoms with van der Waals surface area (Å²) in [6.07, 6.45) is 3.12. The van der Waals surface area contributed by atoms with Gasteiger partial charge in [0.05, 0.1) is 21.3 Å². The molecule has 0 radical (unpaired) electrons. The first-order valence-electron chi connectivity index (χ1n) is 6.90. The van der Waals surface area contributed by atoms with Crippen molar-refractivity contribution in [2.75, 3.05) is 21.3 Å². The molecule has 0 heterocycles. The molecule has 0 aliphatic carbocycles. The summed E-state index contributed by atoms with van der Waals surface area (Å²) >= 11 is 0. The van der Waals surface area contributed by atoms with Crippen LogP contribution in [0.15, 0.2) is 42.5 Å². The molecule has 0 atom stereocenters. The Kier molecular flexibility index (Phi) is 5.25. The third-order valence-corrected chi connectivity index (χ3v) is 3.27. The second-order valence-corrected chi connectivity index (χ2v) is 4.70. The summed E-state index contributed by atoms with van der Waals surface area (Å²) in [4.78, 5) is 12.1. The van der Waals surface area contributed by atoms with E-state index in [1.54, 1.807) is 30.3 Å². The lowest BCUT2D eigenvalue weighted by Gasteiger charge is -2.12. The Labute approximate surface area is 134 Å². The first kappa shape index (κ1) is 16.4. The average Bonchev–Trinajstić information content (AvgIpc) is 2.59. The Morgan fingerprint density at radius 1 is 0.957 bits per heavy atom. The van der Waals surface area contributed by atoms with Gasteiger partial charge in [-0.15, -0.1) is 0 Å². The van der Waals surface area contributed by atoms with E-state index >= 15 is 0 Å². The number of ketones is 1. The molecule has 23 heavy (non-hydrogen) atoms. The average molecular weight is 314 g/mol. The lowest BCUT2D eigenvalue weighted by Crippen LogP contribution is -1.96. The minimum Gasteiger partial charge on any atom is -0.508 e. The smallest absolute Gasteiger partial charge is 0.203 e. The molecule has 0 amide bonds. The summed E-state index contributed by atoms with van der Waals surface area (Å²) in [7, 11) is 4.60. The van der Waals surface area contributed by atoms with Crippen LogP contribution in [-0.2, 0) is 0 Å². The van der Waals surface area contributed by atoms with Crippen LogP contribution in [0.25, 0.3) is 6.08 Å². The predicted octanol–water partition coefficient (Wildman–Crippen LogP) is 3.31. The highest BCUT2D eigenvalue weighted by Crippen LogP contribution is 2.38. The fraction of sp³-hybridized carbons (Fsp3) is 0.167. The van der Waals surface area contributed by atoms with E-state index in [0.29, 0.717) is 22.8 Å². The number of phenols is 1. The number of carbonyl (C=O) groups excluding carboxylic acids is 1. The van der Waals surface area contributed by atoms with Crippen LogP contribution in [0, 0.1) is 0 Å². The summed E-state index contributed by atoms with van der Waals surface area (Å²) in [5.41, 5.74) is 1.23. The van der Waals surface area contributed by atoms with Gasteiger partial charge in [-0.2, -0.15) is 0 Å². The monoisotopic (exact) mass is 314 g/mol. The molecule has 2 rings (SSSR count). The zero-order chi connectivity index (χ0) is 16.8. The molecule has 1 N–H and O–H groups in total. The minimum atomic E-state index is -0.168. The van der Waals surface area contributed by atoms with Gasteiger partial charge in [0.1, 0.15) is 5.75 Å². The van der Waals surface area contributed by atoms with Crippen LogP contribution in [0.4, 0.5) is 0 Å². The van der Waals surface area contributed by atoms with Gasteiger partial charge < -0.3 is 19.3 Å². The van der Waals surface area contributed by atoms with Gasteiger partial charge in [0.15, 0.2) is 17.3 Å². The second-order valence-electron chi connectivity index (χ2n) is 4.70. The van der Waals surface area contributed by atoms with Gasteiger partial charge in [-0.1, -0.05) is 6.08 Å². The lowest BCUT2D eigenvalue weighted by molar-refractivity contribution is 0.104. The van der Waals surface area contributed by atoms with Crippen molar-refractivity contribution in [3.05, 3.63) is 53.6 Å². The Hall–Kier alpha value is -2.95. The Morgan fingerprint density at radius 2 is 1.52 bits per heavy atom. The molecular formula is C18H18O5. The zero-order valence-electron chi connectivity index (χ0n) is 13.2. The largest absolute Gasteiger partial charge is 0.508 e. The highest BCUT2D eigenvalue weighted by molar-refractivity contribution is 6.06. The van der Waals surface area contributed by atoms with Crippen LogP contribution >= 0.6 is 0 Å². The number of hydrogen-bond acceptors (Lipinski definition) is 5. The molecule has 0 spiro atoms. The molecule has 120 valence electrons. The first-order valence-corrected chi connectivity index (χ1v) is 6.90. The van der Waals surface area contributed by atoms with Gasteiger partial charge in [-0.05, 0) is 48.0 Å².